The van der Waals surface area contributed by atoms with Gasteiger partial charge in [0.15, 0.2) is 0 Å². The standard InChI is InChI=1S/C14H21NO3/c1-10(2)13(5-6-17-4)18-14(16)12-7-11(3)8-15-9-12/h7-10,13H,5-6H2,1-4H3/t13-/m0/s1. The van der Waals surface area contributed by atoms with Gasteiger partial charge in [0, 0.05) is 32.5 Å². The highest BCUT2D eigenvalue weighted by Gasteiger charge is 2.19. The Morgan fingerprint density at radius 3 is 2.67 bits per heavy atom. The van der Waals surface area contributed by atoms with Crippen LogP contribution in [0.1, 0.15) is 36.2 Å². The molecule has 0 aromatic carbocycles. The second kappa shape index (κ2) is 7.11. The van der Waals surface area contributed by atoms with E-state index in [1.165, 1.54) is 6.20 Å². The van der Waals surface area contributed by atoms with Crippen LogP contribution in [0, 0.1) is 12.8 Å². The van der Waals surface area contributed by atoms with Crippen molar-refractivity contribution in [1.82, 2.24) is 4.98 Å². The average Bonchev–Trinajstić information content (AvgIpc) is 2.33. The monoisotopic (exact) mass is 251 g/mol. The molecule has 18 heavy (non-hydrogen) atoms. The number of carbonyl (C=O) groups is 1. The highest BCUT2D eigenvalue weighted by Crippen LogP contribution is 2.14. The zero-order chi connectivity index (χ0) is 13.5. The van der Waals surface area contributed by atoms with Crippen molar-refractivity contribution in [1.29, 1.82) is 0 Å². The van der Waals surface area contributed by atoms with Crippen molar-refractivity contribution < 1.29 is 14.3 Å². The van der Waals surface area contributed by atoms with Crippen LogP contribution in [0.25, 0.3) is 0 Å². The third-order valence-corrected chi connectivity index (χ3v) is 2.72. The summed E-state index contributed by atoms with van der Waals surface area (Å²) in [5.41, 5.74) is 1.44. The Morgan fingerprint density at radius 1 is 1.39 bits per heavy atom. The number of hydrogen-bond acceptors (Lipinski definition) is 4. The lowest BCUT2D eigenvalue weighted by molar-refractivity contribution is 0.00826. The van der Waals surface area contributed by atoms with E-state index >= 15 is 0 Å². The minimum Gasteiger partial charge on any atom is -0.458 e. The van der Waals surface area contributed by atoms with Crippen molar-refractivity contribution in [2.24, 2.45) is 5.92 Å². The molecule has 0 saturated heterocycles. The number of pyridine rings is 1. The Labute approximate surface area is 108 Å². The predicted octanol–water partition coefficient (Wildman–Crippen LogP) is 2.61. The number of rotatable bonds is 6. The molecule has 0 aliphatic heterocycles. The second-order valence-electron chi connectivity index (χ2n) is 4.72. The van der Waals surface area contributed by atoms with E-state index in [9.17, 15) is 4.79 Å². The zero-order valence-electron chi connectivity index (χ0n) is 11.5. The summed E-state index contributed by atoms with van der Waals surface area (Å²) in [5.74, 6) is -0.0529. The van der Waals surface area contributed by atoms with Crippen LogP contribution in [-0.4, -0.2) is 30.8 Å². The molecule has 100 valence electrons. The second-order valence-corrected chi connectivity index (χ2v) is 4.72. The molecule has 0 unspecified atom stereocenters. The SMILES string of the molecule is COCC[C@H](OC(=O)c1cncc(C)c1)C(C)C. The summed E-state index contributed by atoms with van der Waals surface area (Å²) >= 11 is 0. The summed E-state index contributed by atoms with van der Waals surface area (Å²) in [6, 6.07) is 1.78. The average molecular weight is 251 g/mol. The molecule has 0 saturated carbocycles. The first-order chi connectivity index (χ1) is 8.54. The number of aromatic nitrogens is 1. The summed E-state index contributed by atoms with van der Waals surface area (Å²) in [6.07, 6.45) is 3.82. The summed E-state index contributed by atoms with van der Waals surface area (Å²) < 4.78 is 10.5. The molecule has 0 aliphatic carbocycles. The largest absolute Gasteiger partial charge is 0.458 e. The summed E-state index contributed by atoms with van der Waals surface area (Å²) in [4.78, 5) is 16.0. The summed E-state index contributed by atoms with van der Waals surface area (Å²) in [5, 5.41) is 0. The Hall–Kier alpha value is -1.42. The minimum absolute atomic E-state index is 0.127. The molecule has 1 atom stereocenters. The molecule has 0 N–H and O–H groups in total. The van der Waals surface area contributed by atoms with Gasteiger partial charge in [-0.25, -0.2) is 4.79 Å². The van der Waals surface area contributed by atoms with Crippen LogP contribution >= 0.6 is 0 Å². The molecule has 0 aliphatic rings. The van der Waals surface area contributed by atoms with Gasteiger partial charge >= 0.3 is 5.97 Å². The Morgan fingerprint density at radius 2 is 2.11 bits per heavy atom. The van der Waals surface area contributed by atoms with Crippen LogP contribution in [0.15, 0.2) is 18.5 Å². The Bertz CT molecular complexity index is 390. The maximum Gasteiger partial charge on any atom is 0.339 e. The lowest BCUT2D eigenvalue weighted by atomic mass is 10.0. The molecule has 1 rings (SSSR count). The highest BCUT2D eigenvalue weighted by atomic mass is 16.5. The first-order valence-electron chi connectivity index (χ1n) is 6.16. The maximum absolute atomic E-state index is 12.0. The number of nitrogens with zero attached hydrogens (tertiary/aromatic N) is 1. The minimum atomic E-state index is -0.319. The van der Waals surface area contributed by atoms with E-state index in [0.717, 1.165) is 5.56 Å². The molecule has 4 nitrogen and oxygen atoms in total. The third kappa shape index (κ3) is 4.45. The first-order valence-corrected chi connectivity index (χ1v) is 6.16. The van der Waals surface area contributed by atoms with Crippen molar-refractivity contribution in [2.75, 3.05) is 13.7 Å². The number of aryl methyl sites for hydroxylation is 1. The molecule has 0 radical (unpaired) electrons. The molecule has 4 heteroatoms. The number of carbonyl (C=O) groups excluding carboxylic acids is 1. The van der Waals surface area contributed by atoms with Gasteiger partial charge < -0.3 is 9.47 Å². The summed E-state index contributed by atoms with van der Waals surface area (Å²) in [6.45, 7) is 6.54. The van der Waals surface area contributed by atoms with Crippen LogP contribution in [0.3, 0.4) is 0 Å². The van der Waals surface area contributed by atoms with Gasteiger partial charge in [0.25, 0.3) is 0 Å². The fraction of sp³-hybridized carbons (Fsp3) is 0.571. The van der Waals surface area contributed by atoms with Gasteiger partial charge in [-0.3, -0.25) is 4.98 Å². The molecular formula is C14H21NO3. The van der Waals surface area contributed by atoms with Crippen LogP contribution in [0.4, 0.5) is 0 Å². The normalized spacial score (nSPS) is 12.5. The van der Waals surface area contributed by atoms with Gasteiger partial charge in [0.2, 0.25) is 0 Å². The molecule has 1 heterocycles. The fourth-order valence-corrected chi connectivity index (χ4v) is 1.63. The summed E-state index contributed by atoms with van der Waals surface area (Å²) in [7, 11) is 1.64. The topological polar surface area (TPSA) is 48.4 Å². The first kappa shape index (κ1) is 14.6. The molecule has 1 aromatic rings. The van der Waals surface area contributed by atoms with Crippen LogP contribution < -0.4 is 0 Å². The lowest BCUT2D eigenvalue weighted by Crippen LogP contribution is -2.25. The fourth-order valence-electron chi connectivity index (χ4n) is 1.63. The van der Waals surface area contributed by atoms with Gasteiger partial charge in [-0.05, 0) is 24.5 Å². The van der Waals surface area contributed by atoms with Crippen molar-refractivity contribution in [3.05, 3.63) is 29.6 Å². The molecule has 1 aromatic heterocycles. The Kier molecular flexibility index (Phi) is 5.78. The van der Waals surface area contributed by atoms with Gasteiger partial charge in [-0.2, -0.15) is 0 Å². The lowest BCUT2D eigenvalue weighted by Gasteiger charge is -2.21. The maximum atomic E-state index is 12.0. The van der Waals surface area contributed by atoms with Crippen LogP contribution in [0.2, 0.25) is 0 Å². The molecule has 0 spiro atoms. The van der Waals surface area contributed by atoms with Crippen molar-refractivity contribution >= 4 is 5.97 Å². The van der Waals surface area contributed by atoms with E-state index in [2.05, 4.69) is 4.98 Å². The number of hydrogen-bond donors (Lipinski definition) is 0. The smallest absolute Gasteiger partial charge is 0.339 e. The van der Waals surface area contributed by atoms with Gasteiger partial charge in [-0.15, -0.1) is 0 Å². The molecule has 0 amide bonds. The van der Waals surface area contributed by atoms with Gasteiger partial charge in [0.05, 0.1) is 5.56 Å². The van der Waals surface area contributed by atoms with Crippen molar-refractivity contribution in [2.45, 2.75) is 33.3 Å². The molecule has 0 bridgehead atoms. The van der Waals surface area contributed by atoms with E-state index in [4.69, 9.17) is 9.47 Å². The zero-order valence-corrected chi connectivity index (χ0v) is 11.5. The van der Waals surface area contributed by atoms with E-state index in [0.29, 0.717) is 18.6 Å². The quantitative estimate of drug-likeness (QED) is 0.729. The van der Waals surface area contributed by atoms with Crippen LogP contribution in [-0.2, 0) is 9.47 Å². The van der Waals surface area contributed by atoms with Crippen molar-refractivity contribution in [3.63, 3.8) is 0 Å². The molecule has 0 fully saturated rings. The number of methoxy groups -OCH3 is 1. The van der Waals surface area contributed by atoms with E-state index in [1.54, 1.807) is 19.4 Å². The van der Waals surface area contributed by atoms with Gasteiger partial charge in [0.1, 0.15) is 6.10 Å². The number of esters is 1. The molecular weight excluding hydrogens is 230 g/mol. The Balaban J connectivity index is 2.66. The third-order valence-electron chi connectivity index (χ3n) is 2.72. The van der Waals surface area contributed by atoms with Crippen LogP contribution in [0.5, 0.6) is 0 Å². The van der Waals surface area contributed by atoms with E-state index in [1.807, 2.05) is 20.8 Å². The number of ether oxygens (including phenoxy) is 2. The highest BCUT2D eigenvalue weighted by molar-refractivity contribution is 5.89. The predicted molar refractivity (Wildman–Crippen MR) is 69.5 cm³/mol. The van der Waals surface area contributed by atoms with E-state index in [-0.39, 0.29) is 18.0 Å². The van der Waals surface area contributed by atoms with Gasteiger partial charge in [-0.1, -0.05) is 13.8 Å². The van der Waals surface area contributed by atoms with Crippen molar-refractivity contribution in [3.8, 4) is 0 Å². The van der Waals surface area contributed by atoms with E-state index < -0.39 is 0 Å².